The first kappa shape index (κ1) is 28.1. The first-order valence-electron chi connectivity index (χ1n) is 10.8. The number of hydrogen-bond acceptors (Lipinski definition) is 6. The summed E-state index contributed by atoms with van der Waals surface area (Å²) in [7, 11) is 1.69. The average Bonchev–Trinajstić information content (AvgIpc) is 3.12. The zero-order chi connectivity index (χ0) is 21.5. The van der Waals surface area contributed by atoms with Crippen LogP contribution in [0.15, 0.2) is 24.3 Å². The lowest BCUT2D eigenvalue weighted by Crippen LogP contribution is -2.51. The van der Waals surface area contributed by atoms with E-state index in [4.69, 9.17) is 9.47 Å². The third-order valence-corrected chi connectivity index (χ3v) is 5.54. The van der Waals surface area contributed by atoms with E-state index in [2.05, 4.69) is 21.2 Å². The molecule has 3 rings (SSSR count). The highest BCUT2D eigenvalue weighted by molar-refractivity contribution is 5.85. The van der Waals surface area contributed by atoms with Crippen LogP contribution in [-0.4, -0.2) is 86.9 Å². The molecule has 32 heavy (non-hydrogen) atoms. The van der Waals surface area contributed by atoms with E-state index < -0.39 is 6.09 Å². The molecule has 182 valence electrons. The largest absolute Gasteiger partial charge is 0.495 e. The zero-order valence-corrected chi connectivity index (χ0v) is 20.8. The van der Waals surface area contributed by atoms with E-state index in [1.807, 2.05) is 36.9 Å². The third-order valence-electron chi connectivity index (χ3n) is 5.54. The Morgan fingerprint density at radius 1 is 1.06 bits per heavy atom. The molecule has 0 aliphatic carbocycles. The molecule has 1 aromatic rings. The number of anilines is 1. The number of hydrogen-bond donors (Lipinski definition) is 1. The van der Waals surface area contributed by atoms with Crippen LogP contribution in [0.5, 0.6) is 5.75 Å². The molecule has 2 aliphatic heterocycles. The van der Waals surface area contributed by atoms with Crippen molar-refractivity contribution in [2.75, 3.05) is 57.8 Å². The highest BCUT2D eigenvalue weighted by Gasteiger charge is 2.28. The summed E-state index contributed by atoms with van der Waals surface area (Å²) >= 11 is 0. The van der Waals surface area contributed by atoms with Crippen molar-refractivity contribution in [1.82, 2.24) is 15.1 Å². The highest BCUT2D eigenvalue weighted by atomic mass is 35.5. The molecule has 10 heteroatoms. The minimum Gasteiger partial charge on any atom is -0.495 e. The predicted molar refractivity (Wildman–Crippen MR) is 130 cm³/mol. The van der Waals surface area contributed by atoms with Crippen molar-refractivity contribution in [2.24, 2.45) is 0 Å². The molecule has 1 unspecified atom stereocenters. The minimum absolute atomic E-state index is 0. The fraction of sp³-hybridized carbons (Fsp3) is 0.636. The number of alkyl carbamates (subject to hydrolysis) is 1. The topological polar surface area (TPSA) is 74.3 Å². The van der Waals surface area contributed by atoms with Crippen LogP contribution in [0.25, 0.3) is 0 Å². The lowest BCUT2D eigenvalue weighted by atomic mass is 10.2. The number of methoxy groups -OCH3 is 1. The second-order valence-corrected chi connectivity index (χ2v) is 8.23. The van der Waals surface area contributed by atoms with Crippen LogP contribution in [0.3, 0.4) is 0 Å². The summed E-state index contributed by atoms with van der Waals surface area (Å²) in [5, 5.41) is 2.78. The summed E-state index contributed by atoms with van der Waals surface area (Å²) in [4.78, 5) is 30.7. The van der Waals surface area contributed by atoms with E-state index in [0.717, 1.165) is 50.6 Å². The van der Waals surface area contributed by atoms with Gasteiger partial charge in [0.2, 0.25) is 5.91 Å². The number of para-hydroxylation sites is 2. The maximum absolute atomic E-state index is 12.2. The Morgan fingerprint density at radius 2 is 1.75 bits per heavy atom. The van der Waals surface area contributed by atoms with E-state index in [9.17, 15) is 9.59 Å². The van der Waals surface area contributed by atoms with Gasteiger partial charge in [-0.15, -0.1) is 24.8 Å². The Bertz CT molecular complexity index is 730. The number of rotatable bonds is 8. The molecule has 2 fully saturated rings. The molecule has 0 saturated carbocycles. The van der Waals surface area contributed by atoms with Crippen LogP contribution in [0.2, 0.25) is 0 Å². The molecule has 1 atom stereocenters. The summed E-state index contributed by atoms with van der Waals surface area (Å²) in [5.41, 5.74) is 1.10. The second kappa shape index (κ2) is 13.6. The zero-order valence-electron chi connectivity index (χ0n) is 19.1. The molecule has 8 nitrogen and oxygen atoms in total. The number of nitrogens with zero attached hydrogens (tertiary/aromatic N) is 3. The number of carbonyl (C=O) groups is 2. The van der Waals surface area contributed by atoms with Crippen molar-refractivity contribution in [3.05, 3.63) is 24.3 Å². The molecular formula is C22H36Cl2N4O4. The number of benzene rings is 1. The Kier molecular flexibility index (Phi) is 12.0. The maximum Gasteiger partial charge on any atom is 0.407 e. The van der Waals surface area contributed by atoms with Gasteiger partial charge in [0.1, 0.15) is 11.9 Å². The molecule has 2 amide bonds. The van der Waals surface area contributed by atoms with Crippen LogP contribution >= 0.6 is 24.8 Å². The Morgan fingerprint density at radius 3 is 2.34 bits per heavy atom. The predicted octanol–water partition coefficient (Wildman–Crippen LogP) is 2.79. The van der Waals surface area contributed by atoms with Crippen molar-refractivity contribution in [1.29, 1.82) is 0 Å². The van der Waals surface area contributed by atoms with E-state index in [1.165, 1.54) is 0 Å². The first-order valence-corrected chi connectivity index (χ1v) is 10.8. The van der Waals surface area contributed by atoms with E-state index in [1.54, 1.807) is 7.11 Å². The molecule has 0 bridgehead atoms. The van der Waals surface area contributed by atoms with Crippen molar-refractivity contribution in [3.8, 4) is 5.75 Å². The summed E-state index contributed by atoms with van der Waals surface area (Å²) in [6.07, 6.45) is 0.696. The molecule has 2 heterocycles. The number of ether oxygens (including phenoxy) is 2. The van der Waals surface area contributed by atoms with Crippen LogP contribution in [0.1, 0.15) is 26.7 Å². The fourth-order valence-electron chi connectivity index (χ4n) is 4.05. The Balaban J connectivity index is 0.00000256. The molecule has 1 N–H and O–H groups in total. The minimum atomic E-state index is -0.422. The third kappa shape index (κ3) is 7.90. The van der Waals surface area contributed by atoms with Gasteiger partial charge in [0.25, 0.3) is 0 Å². The Labute approximate surface area is 203 Å². The summed E-state index contributed by atoms with van der Waals surface area (Å²) in [6, 6.07) is 8.06. The van der Waals surface area contributed by atoms with Crippen molar-refractivity contribution in [2.45, 2.75) is 38.8 Å². The van der Waals surface area contributed by atoms with E-state index in [0.29, 0.717) is 19.5 Å². The number of likely N-dealkylation sites (tertiary alicyclic amines) is 1. The molecule has 0 aromatic heterocycles. The van der Waals surface area contributed by atoms with Gasteiger partial charge >= 0.3 is 6.09 Å². The Hall–Kier alpha value is -1.90. The summed E-state index contributed by atoms with van der Waals surface area (Å²) in [5.74, 6) is 1.03. The van der Waals surface area contributed by atoms with Gasteiger partial charge in [-0.05, 0) is 32.4 Å². The van der Waals surface area contributed by atoms with Crippen molar-refractivity contribution < 1.29 is 19.1 Å². The van der Waals surface area contributed by atoms with Gasteiger partial charge < -0.3 is 24.6 Å². The standard InChI is InChI=1S/C22H34N4O4.2ClH/c1-17(2)23-22(28)30-18(16-26-10-6-9-21(26)27)15-24-11-13-25(14-12-24)19-7-4-5-8-20(19)29-3;;/h4-5,7-8,17-18H,6,9-16H2,1-3H3,(H,23,28);2*1H. The number of carbonyl (C=O) groups excluding carboxylic acids is 2. The summed E-state index contributed by atoms with van der Waals surface area (Å²) < 4.78 is 11.2. The van der Waals surface area contributed by atoms with Crippen LogP contribution < -0.4 is 15.0 Å². The van der Waals surface area contributed by atoms with E-state index in [-0.39, 0.29) is 42.9 Å². The number of nitrogens with one attached hydrogen (secondary N) is 1. The lowest BCUT2D eigenvalue weighted by molar-refractivity contribution is -0.129. The number of piperazine rings is 1. The molecular weight excluding hydrogens is 455 g/mol. The van der Waals surface area contributed by atoms with Gasteiger partial charge in [0.15, 0.2) is 0 Å². The molecule has 1 aromatic carbocycles. The highest BCUT2D eigenvalue weighted by Crippen LogP contribution is 2.28. The normalized spacial score (nSPS) is 17.4. The van der Waals surface area contributed by atoms with Gasteiger partial charge in [0.05, 0.1) is 19.3 Å². The number of amides is 2. The maximum atomic E-state index is 12.2. The first-order chi connectivity index (χ1) is 14.5. The van der Waals surface area contributed by atoms with Gasteiger partial charge in [-0.3, -0.25) is 9.69 Å². The van der Waals surface area contributed by atoms with Crippen LogP contribution in [0.4, 0.5) is 10.5 Å². The second-order valence-electron chi connectivity index (χ2n) is 8.23. The van der Waals surface area contributed by atoms with Gasteiger partial charge in [0, 0.05) is 51.7 Å². The molecule has 2 aliphatic rings. The lowest BCUT2D eigenvalue weighted by Gasteiger charge is -2.38. The van der Waals surface area contributed by atoms with Gasteiger partial charge in [-0.25, -0.2) is 4.79 Å². The SMILES string of the molecule is COc1ccccc1N1CCN(CC(CN2CCCC2=O)OC(=O)NC(C)C)CC1.Cl.Cl. The molecule has 2 saturated heterocycles. The molecule has 0 radical (unpaired) electrons. The smallest absolute Gasteiger partial charge is 0.407 e. The fourth-order valence-corrected chi connectivity index (χ4v) is 4.05. The number of halogens is 2. The van der Waals surface area contributed by atoms with E-state index >= 15 is 0 Å². The molecule has 0 spiro atoms. The van der Waals surface area contributed by atoms with Gasteiger partial charge in [-0.2, -0.15) is 0 Å². The quantitative estimate of drug-likeness (QED) is 0.603. The van der Waals surface area contributed by atoms with Crippen molar-refractivity contribution in [3.63, 3.8) is 0 Å². The van der Waals surface area contributed by atoms with Gasteiger partial charge in [-0.1, -0.05) is 12.1 Å². The van der Waals surface area contributed by atoms with Crippen molar-refractivity contribution >= 4 is 42.5 Å². The van der Waals surface area contributed by atoms with Crippen LogP contribution in [-0.2, 0) is 9.53 Å². The summed E-state index contributed by atoms with van der Waals surface area (Å²) in [6.45, 7) is 9.07. The monoisotopic (exact) mass is 490 g/mol. The van der Waals surface area contributed by atoms with Crippen LogP contribution in [0, 0.1) is 0 Å². The average molecular weight is 491 g/mol.